The van der Waals surface area contributed by atoms with Gasteiger partial charge in [0.05, 0.1) is 17.3 Å². The van der Waals surface area contributed by atoms with Gasteiger partial charge in [0.25, 0.3) is 0 Å². The molecule has 4 heterocycles. The maximum absolute atomic E-state index is 5.99. The Bertz CT molecular complexity index is 1830. The minimum absolute atomic E-state index is 0.0265. The van der Waals surface area contributed by atoms with Crippen molar-refractivity contribution in [3.8, 4) is 22.4 Å². The molecule has 4 aromatic heterocycles. The van der Waals surface area contributed by atoms with Gasteiger partial charge in [0.1, 0.15) is 0 Å². The fraction of sp³-hybridized carbons (Fsp3) is 0.294. The predicted molar refractivity (Wildman–Crippen MR) is 162 cm³/mol. The quantitative estimate of drug-likeness (QED) is 0.233. The van der Waals surface area contributed by atoms with E-state index in [9.17, 15) is 0 Å². The van der Waals surface area contributed by atoms with Crippen molar-refractivity contribution in [2.24, 2.45) is 5.92 Å². The summed E-state index contributed by atoms with van der Waals surface area (Å²) >= 11 is 1.90. The Kier molecular flexibility index (Phi) is 5.92. The van der Waals surface area contributed by atoms with Crippen LogP contribution in [-0.2, 0) is 11.8 Å². The number of hydrogen-bond acceptors (Lipinski definition) is 4. The van der Waals surface area contributed by atoms with Crippen LogP contribution in [0.25, 0.3) is 54.3 Å². The summed E-state index contributed by atoms with van der Waals surface area (Å²) in [7, 11) is 0. The third-order valence-electron chi connectivity index (χ3n) is 7.51. The Labute approximate surface area is 228 Å². The summed E-state index contributed by atoms with van der Waals surface area (Å²) in [6.07, 6.45) is 6.78. The normalized spacial score (nSPS) is 12.4. The van der Waals surface area contributed by atoms with Crippen LogP contribution in [0.4, 0.5) is 0 Å². The molecule has 0 radical (unpaired) electrons. The minimum atomic E-state index is -0.0265. The predicted octanol–water partition coefficient (Wildman–Crippen LogP) is 10.0. The van der Waals surface area contributed by atoms with Crippen LogP contribution in [0.15, 0.2) is 65.5 Å². The van der Waals surface area contributed by atoms with Crippen molar-refractivity contribution in [3.05, 3.63) is 82.7 Å². The molecule has 6 aromatic rings. The second kappa shape index (κ2) is 9.06. The molecule has 0 saturated carbocycles. The Morgan fingerprint density at radius 2 is 1.76 bits per heavy atom. The zero-order valence-electron chi connectivity index (χ0n) is 23.3. The van der Waals surface area contributed by atoms with Gasteiger partial charge in [-0.15, -0.1) is 11.3 Å². The van der Waals surface area contributed by atoms with Gasteiger partial charge in [-0.25, -0.2) is 4.98 Å². The zero-order valence-corrected chi connectivity index (χ0v) is 24.1. The van der Waals surface area contributed by atoms with E-state index >= 15 is 0 Å². The standard InChI is InChI=1S/C34H34N2OS/c1-19(2)12-26-21(4)38-31-15-22(8-9-25(26)31)27-16-30(36-33-32(27)20(3)18-37-33)24-13-23-10-11-35-17-28(23)29(14-24)34(5,6)7/h8-11,13-19H,12H2,1-7H3. The number of hydrogen-bond donors (Lipinski definition) is 0. The second-order valence-electron chi connectivity index (χ2n) is 12.0. The Balaban J connectivity index is 1.58. The van der Waals surface area contributed by atoms with Gasteiger partial charge in [-0.05, 0) is 101 Å². The average molecular weight is 519 g/mol. The molecule has 0 aliphatic carbocycles. The second-order valence-corrected chi connectivity index (χ2v) is 13.2. The van der Waals surface area contributed by atoms with E-state index in [1.807, 2.05) is 30.0 Å². The van der Waals surface area contributed by atoms with Crippen LogP contribution in [-0.4, -0.2) is 9.97 Å². The molecule has 0 saturated heterocycles. The molecule has 0 fully saturated rings. The van der Waals surface area contributed by atoms with Gasteiger partial charge in [-0.1, -0.05) is 46.8 Å². The van der Waals surface area contributed by atoms with E-state index in [-0.39, 0.29) is 5.41 Å². The Morgan fingerprint density at radius 3 is 2.53 bits per heavy atom. The molecular formula is C34H34N2OS. The summed E-state index contributed by atoms with van der Waals surface area (Å²) in [5.41, 5.74) is 8.92. The van der Waals surface area contributed by atoms with Gasteiger partial charge in [-0.3, -0.25) is 4.98 Å². The summed E-state index contributed by atoms with van der Waals surface area (Å²) in [6.45, 7) is 15.7. The first-order valence-corrected chi connectivity index (χ1v) is 14.2. The first-order chi connectivity index (χ1) is 18.1. The summed E-state index contributed by atoms with van der Waals surface area (Å²) in [5.74, 6) is 0.637. The number of benzene rings is 2. The van der Waals surface area contributed by atoms with Crippen molar-refractivity contribution in [3.63, 3.8) is 0 Å². The number of thiophene rings is 1. The van der Waals surface area contributed by atoms with Gasteiger partial charge in [0.2, 0.25) is 5.71 Å². The summed E-state index contributed by atoms with van der Waals surface area (Å²) in [4.78, 5) is 10.8. The van der Waals surface area contributed by atoms with Crippen molar-refractivity contribution in [1.29, 1.82) is 0 Å². The highest BCUT2D eigenvalue weighted by Gasteiger charge is 2.21. The molecule has 0 aliphatic heterocycles. The van der Waals surface area contributed by atoms with Gasteiger partial charge >= 0.3 is 0 Å². The molecule has 38 heavy (non-hydrogen) atoms. The molecule has 192 valence electrons. The number of aromatic nitrogens is 2. The zero-order chi connectivity index (χ0) is 26.8. The van der Waals surface area contributed by atoms with Crippen molar-refractivity contribution >= 4 is 43.3 Å². The van der Waals surface area contributed by atoms with Crippen LogP contribution >= 0.6 is 11.3 Å². The number of pyridine rings is 2. The summed E-state index contributed by atoms with van der Waals surface area (Å²) < 4.78 is 7.34. The molecule has 4 heteroatoms. The van der Waals surface area contributed by atoms with E-state index in [1.54, 1.807) is 0 Å². The van der Waals surface area contributed by atoms with Crippen LogP contribution in [0.2, 0.25) is 0 Å². The van der Waals surface area contributed by atoms with E-state index in [0.717, 1.165) is 28.6 Å². The fourth-order valence-electron chi connectivity index (χ4n) is 5.64. The van der Waals surface area contributed by atoms with Crippen LogP contribution in [0.1, 0.15) is 56.2 Å². The maximum Gasteiger partial charge on any atom is 0.227 e. The molecule has 0 spiro atoms. The number of furan rings is 1. The summed E-state index contributed by atoms with van der Waals surface area (Å²) in [5, 5.41) is 4.84. The van der Waals surface area contributed by atoms with Gasteiger partial charge < -0.3 is 4.42 Å². The first-order valence-electron chi connectivity index (χ1n) is 13.4. The molecule has 6 rings (SSSR count). The largest absolute Gasteiger partial charge is 0.446 e. The fourth-order valence-corrected chi connectivity index (χ4v) is 6.77. The lowest BCUT2D eigenvalue weighted by Gasteiger charge is -2.22. The first kappa shape index (κ1) is 24.8. The molecule has 0 bridgehead atoms. The highest BCUT2D eigenvalue weighted by Crippen LogP contribution is 2.41. The third kappa shape index (κ3) is 4.21. The minimum Gasteiger partial charge on any atom is -0.446 e. The lowest BCUT2D eigenvalue weighted by Crippen LogP contribution is -2.12. The van der Waals surface area contributed by atoms with Crippen LogP contribution < -0.4 is 0 Å². The molecule has 0 aliphatic rings. The molecular weight excluding hydrogens is 484 g/mol. The summed E-state index contributed by atoms with van der Waals surface area (Å²) in [6, 6.07) is 15.8. The smallest absolute Gasteiger partial charge is 0.227 e. The molecule has 3 nitrogen and oxygen atoms in total. The van der Waals surface area contributed by atoms with Crippen LogP contribution in [0, 0.1) is 19.8 Å². The highest BCUT2D eigenvalue weighted by atomic mass is 32.1. The molecule has 2 aromatic carbocycles. The number of rotatable bonds is 4. The number of aryl methyl sites for hydroxylation is 2. The highest BCUT2D eigenvalue weighted by molar-refractivity contribution is 7.19. The molecule has 0 amide bonds. The lowest BCUT2D eigenvalue weighted by atomic mass is 9.82. The van der Waals surface area contributed by atoms with E-state index < -0.39 is 0 Å². The van der Waals surface area contributed by atoms with E-state index in [0.29, 0.717) is 11.6 Å². The molecule has 0 unspecified atom stereocenters. The van der Waals surface area contributed by atoms with Crippen molar-refractivity contribution < 1.29 is 4.42 Å². The average Bonchev–Trinajstić information content (AvgIpc) is 3.40. The SMILES string of the molecule is Cc1sc2cc(-c3cc(-c4cc(C(C)(C)C)c5cnccc5c4)nc4occ(C)c34)ccc2c1CC(C)C. The van der Waals surface area contributed by atoms with E-state index in [2.05, 4.69) is 95.9 Å². The maximum atomic E-state index is 5.99. The van der Waals surface area contributed by atoms with Crippen LogP contribution in [0.5, 0.6) is 0 Å². The van der Waals surface area contributed by atoms with E-state index in [4.69, 9.17) is 9.40 Å². The van der Waals surface area contributed by atoms with Crippen molar-refractivity contribution in [2.45, 2.75) is 60.3 Å². The van der Waals surface area contributed by atoms with Gasteiger partial charge in [0.15, 0.2) is 0 Å². The van der Waals surface area contributed by atoms with Gasteiger partial charge in [-0.2, -0.15) is 0 Å². The molecule has 0 N–H and O–H groups in total. The Hall–Kier alpha value is -3.50. The number of fused-ring (bicyclic) bond motifs is 3. The topological polar surface area (TPSA) is 38.9 Å². The lowest BCUT2D eigenvalue weighted by molar-refractivity contribution is 0.596. The van der Waals surface area contributed by atoms with Crippen molar-refractivity contribution in [2.75, 3.05) is 0 Å². The monoisotopic (exact) mass is 518 g/mol. The van der Waals surface area contributed by atoms with Gasteiger partial charge in [0, 0.05) is 32.9 Å². The molecule has 0 atom stereocenters. The van der Waals surface area contributed by atoms with Crippen LogP contribution in [0.3, 0.4) is 0 Å². The third-order valence-corrected chi connectivity index (χ3v) is 8.62. The number of nitrogens with zero attached hydrogens (tertiary/aromatic N) is 2. The van der Waals surface area contributed by atoms with E-state index in [1.165, 1.54) is 48.0 Å². The Morgan fingerprint density at radius 1 is 0.947 bits per heavy atom. The van der Waals surface area contributed by atoms with Crippen molar-refractivity contribution in [1.82, 2.24) is 9.97 Å².